The van der Waals surface area contributed by atoms with E-state index in [9.17, 15) is 14.7 Å². The van der Waals surface area contributed by atoms with Gasteiger partial charge in [-0.05, 0) is 71.1 Å². The second kappa shape index (κ2) is 7.04. The smallest absolute Gasteiger partial charge is 0.342 e. The van der Waals surface area contributed by atoms with Gasteiger partial charge in [0.1, 0.15) is 6.10 Å². The van der Waals surface area contributed by atoms with Crippen LogP contribution in [0.3, 0.4) is 0 Å². The van der Waals surface area contributed by atoms with Crippen LogP contribution in [0.1, 0.15) is 58.8 Å². The molecule has 5 nitrogen and oxygen atoms in total. The van der Waals surface area contributed by atoms with Gasteiger partial charge in [-0.2, -0.15) is 0 Å². The number of carbonyl (C=O) groups excluding carboxylic acids is 2. The number of piperidine rings is 1. The maximum absolute atomic E-state index is 12.6. The molecule has 0 spiro atoms. The minimum Gasteiger partial charge on any atom is -0.460 e. The molecule has 4 atom stereocenters. The maximum Gasteiger partial charge on any atom is 0.342 e. The van der Waals surface area contributed by atoms with E-state index in [0.717, 1.165) is 31.3 Å². The Morgan fingerprint density at radius 3 is 2.60 bits per heavy atom. The lowest BCUT2D eigenvalue weighted by Gasteiger charge is -2.37. The van der Waals surface area contributed by atoms with Crippen molar-refractivity contribution >= 4 is 11.8 Å². The molecule has 0 aromatic carbocycles. The Balaban J connectivity index is 1.68. The molecule has 1 N–H and O–H groups in total. The molecule has 25 heavy (non-hydrogen) atoms. The first-order valence-corrected chi connectivity index (χ1v) is 9.32. The summed E-state index contributed by atoms with van der Waals surface area (Å²) in [6.07, 6.45) is 7.98. The number of rotatable bonds is 4. The summed E-state index contributed by atoms with van der Waals surface area (Å²) in [5.74, 6) is -0.587. The molecule has 138 valence electrons. The fourth-order valence-corrected chi connectivity index (χ4v) is 4.26. The summed E-state index contributed by atoms with van der Waals surface area (Å²) in [4.78, 5) is 27.1. The van der Waals surface area contributed by atoms with E-state index in [1.807, 2.05) is 19.9 Å². The average molecular weight is 347 g/mol. The molecule has 2 aliphatic heterocycles. The van der Waals surface area contributed by atoms with Gasteiger partial charge in [0, 0.05) is 18.5 Å². The van der Waals surface area contributed by atoms with Crippen LogP contribution in [0, 0.1) is 0 Å². The summed E-state index contributed by atoms with van der Waals surface area (Å²) in [5, 5.41) is 10.8. The first-order valence-electron chi connectivity index (χ1n) is 9.32. The van der Waals surface area contributed by atoms with Crippen molar-refractivity contribution in [2.24, 2.45) is 0 Å². The van der Waals surface area contributed by atoms with Gasteiger partial charge in [0.25, 0.3) is 0 Å². The molecule has 0 aromatic heterocycles. The molecule has 0 radical (unpaired) electrons. The molecular formula is C20H29NO4. The van der Waals surface area contributed by atoms with Crippen molar-refractivity contribution in [3.05, 3.63) is 23.3 Å². The minimum atomic E-state index is -1.67. The molecule has 3 aliphatic rings. The topological polar surface area (TPSA) is 66.8 Å². The van der Waals surface area contributed by atoms with Crippen LogP contribution in [0.25, 0.3) is 0 Å². The minimum absolute atomic E-state index is 0.00677. The number of hydrogen-bond acceptors (Lipinski definition) is 5. The third-order valence-electron chi connectivity index (χ3n) is 5.92. The highest BCUT2D eigenvalue weighted by Gasteiger charge is 2.44. The van der Waals surface area contributed by atoms with Crippen molar-refractivity contribution in [1.82, 2.24) is 4.90 Å². The molecule has 0 aromatic rings. The summed E-state index contributed by atoms with van der Waals surface area (Å²) in [6.45, 7) is 3.92. The van der Waals surface area contributed by atoms with E-state index in [1.165, 1.54) is 6.08 Å². The number of esters is 1. The summed E-state index contributed by atoms with van der Waals surface area (Å²) >= 11 is 0. The van der Waals surface area contributed by atoms with Crippen molar-refractivity contribution < 1.29 is 19.4 Å². The van der Waals surface area contributed by atoms with Gasteiger partial charge in [-0.15, -0.1) is 0 Å². The highest BCUT2D eigenvalue weighted by atomic mass is 16.6. The number of Topliss-reactive ketones (excluding diaryl/α,β-unsaturated/α-hetero) is 1. The lowest BCUT2D eigenvalue weighted by Crippen LogP contribution is -2.47. The van der Waals surface area contributed by atoms with E-state index >= 15 is 0 Å². The second-order valence-electron chi connectivity index (χ2n) is 8.05. The van der Waals surface area contributed by atoms with Crippen LogP contribution in [0.5, 0.6) is 0 Å². The molecule has 0 amide bonds. The second-order valence-corrected chi connectivity index (χ2v) is 8.05. The first-order chi connectivity index (χ1) is 11.8. The highest BCUT2D eigenvalue weighted by molar-refractivity contribution is 5.99. The van der Waals surface area contributed by atoms with E-state index in [0.29, 0.717) is 24.1 Å². The average Bonchev–Trinajstić information content (AvgIpc) is 2.77. The molecular weight excluding hydrogens is 318 g/mol. The van der Waals surface area contributed by atoms with Crippen molar-refractivity contribution in [2.45, 2.75) is 82.6 Å². The summed E-state index contributed by atoms with van der Waals surface area (Å²) in [5.41, 5.74) is -0.0521. The molecule has 0 saturated carbocycles. The third-order valence-corrected chi connectivity index (χ3v) is 5.92. The normalized spacial score (nSPS) is 35.3. The van der Waals surface area contributed by atoms with Crippen molar-refractivity contribution in [2.75, 3.05) is 7.05 Å². The Morgan fingerprint density at radius 1 is 1.36 bits per heavy atom. The van der Waals surface area contributed by atoms with Gasteiger partial charge in [-0.25, -0.2) is 4.79 Å². The summed E-state index contributed by atoms with van der Waals surface area (Å²) < 4.78 is 5.69. The van der Waals surface area contributed by atoms with Crippen LogP contribution in [-0.4, -0.2) is 52.6 Å². The van der Waals surface area contributed by atoms with Crippen molar-refractivity contribution in [3.8, 4) is 0 Å². The van der Waals surface area contributed by atoms with Gasteiger partial charge in [0.2, 0.25) is 0 Å². The SMILES string of the molecule is CC(C)=CCC1=CC(O)(C(=O)OC2C[C@H]3CC[C@@H](C2)N3C)CCC1=O. The van der Waals surface area contributed by atoms with E-state index in [-0.39, 0.29) is 24.7 Å². The van der Waals surface area contributed by atoms with Gasteiger partial charge in [-0.1, -0.05) is 11.6 Å². The fourth-order valence-electron chi connectivity index (χ4n) is 4.26. The number of fused-ring (bicyclic) bond motifs is 2. The fraction of sp³-hybridized carbons (Fsp3) is 0.700. The molecule has 2 heterocycles. The third kappa shape index (κ3) is 3.87. The summed E-state index contributed by atoms with van der Waals surface area (Å²) in [7, 11) is 2.14. The number of nitrogens with zero attached hydrogens (tertiary/aromatic N) is 1. The van der Waals surface area contributed by atoms with Gasteiger partial charge in [0.15, 0.2) is 11.4 Å². The predicted octanol–water partition coefficient (Wildman–Crippen LogP) is 2.53. The largest absolute Gasteiger partial charge is 0.460 e. The van der Waals surface area contributed by atoms with E-state index in [4.69, 9.17) is 4.74 Å². The Morgan fingerprint density at radius 2 is 2.00 bits per heavy atom. The molecule has 1 aliphatic carbocycles. The van der Waals surface area contributed by atoms with E-state index < -0.39 is 11.6 Å². The Labute approximate surface area is 149 Å². The molecule has 2 saturated heterocycles. The number of aliphatic hydroxyl groups is 1. The highest BCUT2D eigenvalue weighted by Crippen LogP contribution is 2.36. The van der Waals surface area contributed by atoms with Crippen molar-refractivity contribution in [1.29, 1.82) is 0 Å². The zero-order chi connectivity index (χ0) is 18.2. The van der Waals surface area contributed by atoms with Crippen molar-refractivity contribution in [3.63, 3.8) is 0 Å². The van der Waals surface area contributed by atoms with Gasteiger partial charge in [0.05, 0.1) is 0 Å². The van der Waals surface area contributed by atoms with Crippen LogP contribution in [0.2, 0.25) is 0 Å². The number of allylic oxidation sites excluding steroid dienone is 3. The molecule has 3 rings (SSSR count). The van der Waals surface area contributed by atoms with Crippen LogP contribution in [0.4, 0.5) is 0 Å². The van der Waals surface area contributed by atoms with Gasteiger partial charge < -0.3 is 14.7 Å². The molecule has 2 bridgehead atoms. The van der Waals surface area contributed by atoms with Gasteiger partial charge in [-0.3, -0.25) is 4.79 Å². The standard InChI is InChI=1S/C20H29NO4/c1-13(2)4-5-14-12-20(24,9-8-18(14)22)19(23)25-17-10-15-6-7-16(11-17)21(15)3/h4,12,15-17,24H,5-11H2,1-3H3/t15-,16+,17?,20?. The first kappa shape index (κ1) is 18.3. The van der Waals surface area contributed by atoms with E-state index in [1.54, 1.807) is 0 Å². The maximum atomic E-state index is 12.6. The predicted molar refractivity (Wildman–Crippen MR) is 95.0 cm³/mol. The summed E-state index contributed by atoms with van der Waals surface area (Å²) in [6, 6.07) is 0.950. The number of carbonyl (C=O) groups is 2. The number of ketones is 1. The van der Waals surface area contributed by atoms with Crippen LogP contribution in [-0.2, 0) is 14.3 Å². The Kier molecular flexibility index (Phi) is 5.16. The van der Waals surface area contributed by atoms with Crippen LogP contribution < -0.4 is 0 Å². The molecule has 2 unspecified atom stereocenters. The van der Waals surface area contributed by atoms with Gasteiger partial charge >= 0.3 is 5.97 Å². The lowest BCUT2D eigenvalue weighted by molar-refractivity contribution is -0.170. The monoisotopic (exact) mass is 347 g/mol. The Bertz CT molecular complexity index is 605. The van der Waals surface area contributed by atoms with Crippen LogP contribution >= 0.6 is 0 Å². The van der Waals surface area contributed by atoms with E-state index in [2.05, 4.69) is 11.9 Å². The molecule has 5 heteroatoms. The zero-order valence-electron chi connectivity index (χ0n) is 15.5. The molecule has 2 fully saturated rings. The number of hydrogen-bond donors (Lipinski definition) is 1. The van der Waals surface area contributed by atoms with Crippen LogP contribution in [0.15, 0.2) is 23.3 Å². The quantitative estimate of drug-likeness (QED) is 0.625. The zero-order valence-corrected chi connectivity index (χ0v) is 15.5. The lowest BCUT2D eigenvalue weighted by atomic mass is 9.84. The Hall–Kier alpha value is -1.46. The number of ether oxygens (including phenoxy) is 1.